The van der Waals surface area contributed by atoms with Crippen LogP contribution in [0.4, 0.5) is 0 Å². The lowest BCUT2D eigenvalue weighted by molar-refractivity contribution is -0.140. The molecule has 0 aliphatic carbocycles. The summed E-state index contributed by atoms with van der Waals surface area (Å²) in [5.41, 5.74) is 0. The molecular weight excluding hydrogens is 194 g/mol. The van der Waals surface area contributed by atoms with Gasteiger partial charge in [0.25, 0.3) is 0 Å². The first-order valence-electron chi connectivity index (χ1n) is 5.00. The maximum Gasteiger partial charge on any atom is 0.230 e. The zero-order valence-electron chi connectivity index (χ0n) is 8.66. The fourth-order valence-corrected chi connectivity index (χ4v) is 1.68. The number of nitrogens with zero attached hydrogens (tertiary/aromatic N) is 1. The van der Waals surface area contributed by atoms with Gasteiger partial charge in [0.2, 0.25) is 5.91 Å². The van der Waals surface area contributed by atoms with Gasteiger partial charge >= 0.3 is 0 Å². The Labute approximate surface area is 87.9 Å². The molecule has 15 heavy (non-hydrogen) atoms. The second-order valence-corrected chi connectivity index (χ2v) is 3.79. The van der Waals surface area contributed by atoms with E-state index in [9.17, 15) is 9.59 Å². The molecule has 0 spiro atoms. The Morgan fingerprint density at radius 2 is 2.20 bits per heavy atom. The van der Waals surface area contributed by atoms with E-state index in [2.05, 4.69) is 0 Å². The summed E-state index contributed by atoms with van der Waals surface area (Å²) in [6, 6.07) is 3.73. The van der Waals surface area contributed by atoms with Crippen molar-refractivity contribution in [2.75, 3.05) is 6.54 Å². The molecule has 0 unspecified atom stereocenters. The van der Waals surface area contributed by atoms with Gasteiger partial charge in [-0.15, -0.1) is 0 Å². The van der Waals surface area contributed by atoms with Gasteiger partial charge in [-0.1, -0.05) is 0 Å². The summed E-state index contributed by atoms with van der Waals surface area (Å²) >= 11 is 0. The van der Waals surface area contributed by atoms with Gasteiger partial charge in [-0.05, 0) is 19.1 Å². The largest absolute Gasteiger partial charge is 0.464 e. The zero-order chi connectivity index (χ0) is 10.8. The number of hydrogen-bond donors (Lipinski definition) is 0. The minimum atomic E-state index is -0.0969. The molecule has 0 radical (unpaired) electrons. The Morgan fingerprint density at radius 3 is 2.80 bits per heavy atom. The van der Waals surface area contributed by atoms with Crippen molar-refractivity contribution >= 4 is 11.7 Å². The van der Waals surface area contributed by atoms with E-state index in [4.69, 9.17) is 4.42 Å². The second kappa shape index (κ2) is 3.88. The van der Waals surface area contributed by atoms with Crippen LogP contribution in [0.15, 0.2) is 16.5 Å². The number of furan rings is 1. The van der Waals surface area contributed by atoms with Crippen LogP contribution in [0.1, 0.15) is 24.4 Å². The molecule has 0 atom stereocenters. The number of carbonyl (C=O) groups excluding carboxylic acids is 2. The quantitative estimate of drug-likeness (QED) is 0.686. The Hall–Kier alpha value is -1.58. The summed E-state index contributed by atoms with van der Waals surface area (Å²) in [7, 11) is 0. The minimum absolute atomic E-state index is 0.0341. The summed E-state index contributed by atoms with van der Waals surface area (Å²) in [4.78, 5) is 24.2. The molecule has 4 nitrogen and oxygen atoms in total. The molecule has 4 heteroatoms. The van der Waals surface area contributed by atoms with Crippen LogP contribution in [0, 0.1) is 6.92 Å². The van der Waals surface area contributed by atoms with E-state index in [1.54, 1.807) is 4.90 Å². The topological polar surface area (TPSA) is 50.5 Å². The van der Waals surface area contributed by atoms with Crippen molar-refractivity contribution in [2.45, 2.75) is 26.3 Å². The van der Waals surface area contributed by atoms with Crippen LogP contribution in [0.2, 0.25) is 0 Å². The predicted molar refractivity (Wildman–Crippen MR) is 53.1 cm³/mol. The Balaban J connectivity index is 2.00. The van der Waals surface area contributed by atoms with Gasteiger partial charge in [0.1, 0.15) is 17.3 Å². The number of carbonyl (C=O) groups is 2. The van der Waals surface area contributed by atoms with Crippen LogP contribution in [-0.4, -0.2) is 23.1 Å². The molecule has 0 saturated carbocycles. The van der Waals surface area contributed by atoms with Crippen LogP contribution in [0.25, 0.3) is 0 Å². The summed E-state index contributed by atoms with van der Waals surface area (Å²) in [6.07, 6.45) is 0.505. The molecule has 1 aliphatic heterocycles. The highest BCUT2D eigenvalue weighted by atomic mass is 16.3. The first-order chi connectivity index (χ1) is 7.15. The van der Waals surface area contributed by atoms with Crippen molar-refractivity contribution < 1.29 is 14.0 Å². The molecule has 1 saturated heterocycles. The molecule has 2 rings (SSSR count). The number of Topliss-reactive ketones (excluding diaryl/α,β-unsaturated/α-hetero) is 1. The lowest BCUT2D eigenvalue weighted by Gasteiger charge is -2.24. The Bertz CT molecular complexity index is 394. The molecule has 80 valence electrons. The third kappa shape index (κ3) is 2.26. The van der Waals surface area contributed by atoms with E-state index in [1.807, 2.05) is 19.1 Å². The summed E-state index contributed by atoms with van der Waals surface area (Å²) in [6.45, 7) is 2.85. The van der Waals surface area contributed by atoms with Gasteiger partial charge in [-0.3, -0.25) is 9.59 Å². The van der Waals surface area contributed by atoms with Crippen molar-refractivity contribution in [3.05, 3.63) is 23.7 Å². The first-order valence-corrected chi connectivity index (χ1v) is 5.00. The SMILES string of the molecule is Cc1ccc(CN2CCC(=O)CC2=O)o1. The number of amides is 1. The molecule has 0 N–H and O–H groups in total. The first kappa shape index (κ1) is 9.96. The van der Waals surface area contributed by atoms with E-state index in [0.717, 1.165) is 11.5 Å². The molecule has 2 heterocycles. The van der Waals surface area contributed by atoms with Crippen LogP contribution in [0.3, 0.4) is 0 Å². The predicted octanol–water partition coefficient (Wildman–Crippen LogP) is 1.28. The molecule has 1 aromatic heterocycles. The number of hydrogen-bond acceptors (Lipinski definition) is 3. The van der Waals surface area contributed by atoms with Crippen LogP contribution >= 0.6 is 0 Å². The minimum Gasteiger partial charge on any atom is -0.464 e. The fraction of sp³-hybridized carbons (Fsp3) is 0.455. The highest BCUT2D eigenvalue weighted by molar-refractivity contribution is 6.00. The molecule has 1 amide bonds. The highest BCUT2D eigenvalue weighted by Crippen LogP contribution is 2.14. The molecule has 0 bridgehead atoms. The standard InChI is InChI=1S/C11H13NO3/c1-8-2-3-10(15-8)7-12-5-4-9(13)6-11(12)14/h2-3H,4-7H2,1H3. The third-order valence-electron chi connectivity index (χ3n) is 2.50. The van der Waals surface area contributed by atoms with E-state index in [0.29, 0.717) is 19.5 Å². The van der Waals surface area contributed by atoms with Crippen molar-refractivity contribution in [1.82, 2.24) is 4.90 Å². The second-order valence-electron chi connectivity index (χ2n) is 3.79. The summed E-state index contributed by atoms with van der Waals surface area (Å²) < 4.78 is 5.38. The van der Waals surface area contributed by atoms with Crippen LogP contribution in [0.5, 0.6) is 0 Å². The van der Waals surface area contributed by atoms with Crippen LogP contribution in [-0.2, 0) is 16.1 Å². The lowest BCUT2D eigenvalue weighted by Crippen LogP contribution is -2.38. The maximum absolute atomic E-state index is 11.5. The maximum atomic E-state index is 11.5. The van der Waals surface area contributed by atoms with Gasteiger partial charge in [-0.25, -0.2) is 0 Å². The Morgan fingerprint density at radius 1 is 1.40 bits per heavy atom. The molecule has 1 aromatic rings. The molecule has 1 fully saturated rings. The van der Waals surface area contributed by atoms with Crippen LogP contribution < -0.4 is 0 Å². The highest BCUT2D eigenvalue weighted by Gasteiger charge is 2.24. The van der Waals surface area contributed by atoms with Gasteiger partial charge in [-0.2, -0.15) is 0 Å². The number of rotatable bonds is 2. The summed E-state index contributed by atoms with van der Waals surface area (Å²) in [5, 5.41) is 0. The van der Waals surface area contributed by atoms with Gasteiger partial charge in [0, 0.05) is 13.0 Å². The Kier molecular flexibility index (Phi) is 2.58. The van der Waals surface area contributed by atoms with Gasteiger partial charge < -0.3 is 9.32 Å². The van der Waals surface area contributed by atoms with Crippen molar-refractivity contribution in [3.8, 4) is 0 Å². The number of likely N-dealkylation sites (tertiary alicyclic amines) is 1. The van der Waals surface area contributed by atoms with E-state index < -0.39 is 0 Å². The van der Waals surface area contributed by atoms with E-state index in [-0.39, 0.29) is 18.1 Å². The molecule has 0 aromatic carbocycles. The smallest absolute Gasteiger partial charge is 0.230 e. The van der Waals surface area contributed by atoms with Gasteiger partial charge in [0.15, 0.2) is 0 Å². The lowest BCUT2D eigenvalue weighted by atomic mass is 10.1. The van der Waals surface area contributed by atoms with E-state index in [1.165, 1.54) is 0 Å². The zero-order valence-corrected chi connectivity index (χ0v) is 8.66. The van der Waals surface area contributed by atoms with E-state index >= 15 is 0 Å². The average Bonchev–Trinajstić information content (AvgIpc) is 2.56. The van der Waals surface area contributed by atoms with Gasteiger partial charge in [0.05, 0.1) is 13.0 Å². The van der Waals surface area contributed by atoms with Crippen molar-refractivity contribution in [1.29, 1.82) is 0 Å². The summed E-state index contributed by atoms with van der Waals surface area (Å²) in [5.74, 6) is 1.55. The average molecular weight is 207 g/mol. The molecular formula is C11H13NO3. The fourth-order valence-electron chi connectivity index (χ4n) is 1.68. The van der Waals surface area contributed by atoms with Crippen molar-refractivity contribution in [3.63, 3.8) is 0 Å². The number of piperidine rings is 1. The number of aryl methyl sites for hydroxylation is 1. The number of ketones is 1. The van der Waals surface area contributed by atoms with Crippen molar-refractivity contribution in [2.24, 2.45) is 0 Å². The third-order valence-corrected chi connectivity index (χ3v) is 2.50. The normalized spacial score (nSPS) is 17.3. The molecule has 1 aliphatic rings. The monoisotopic (exact) mass is 207 g/mol.